The molecule has 3 aromatic rings. The molecule has 526 valence electrons. The number of carbonyl (C=O) groups is 1. The maximum atomic E-state index is 14.8. The second-order valence-corrected chi connectivity index (χ2v) is 31.1. The molecule has 0 radical (unpaired) electrons. The number of nitrogens with zero attached hydrogens (tertiary/aromatic N) is 3. The van der Waals surface area contributed by atoms with Crippen molar-refractivity contribution in [1.29, 1.82) is 0 Å². The lowest BCUT2D eigenvalue weighted by molar-refractivity contribution is -0.123. The Hall–Kier alpha value is -3.14. The van der Waals surface area contributed by atoms with Crippen molar-refractivity contribution < 1.29 is 23.1 Å². The standard InChI is InChI=1S/C75H141N10O5P/c1-13-88-58-71-84-72-73(68-40-14-15-41-69(68)83-74(72)77)85(71)54-26-52-82-75(86)70(43-42-67(12)80-51-25-50-79-48-17-16-47-78-49-24-46-76)81-53-27-57-91(87,89-55-44-65(10)38-22-36-63(8)34-20-32-61(6)30-18-28-59(2)3)90-56-45-66(11)39-23-37-64(9)35-21-33-62(7)31-19-29-60(4)5/h14-15,40-41,59-66,70,78-81H,12-13,16-39,42-58,76H2,1-11H3,(H2,77,83)(H,82,86)/t61?,62?,63?,64?,65?,66?,70-,91?/m0/s1. The molecule has 0 saturated heterocycles. The Labute approximate surface area is 557 Å². The van der Waals surface area contributed by atoms with Gasteiger partial charge in [0, 0.05) is 37.3 Å². The summed E-state index contributed by atoms with van der Waals surface area (Å²) >= 11 is 0. The van der Waals surface area contributed by atoms with Crippen LogP contribution in [0, 0.1) is 47.3 Å². The number of benzene rings is 1. The molecule has 1 aromatic carbocycles. The van der Waals surface area contributed by atoms with Crippen LogP contribution in [0.15, 0.2) is 36.5 Å². The van der Waals surface area contributed by atoms with Gasteiger partial charge in [0.1, 0.15) is 17.9 Å². The second-order valence-electron chi connectivity index (χ2n) is 28.9. The Morgan fingerprint density at radius 2 is 1.05 bits per heavy atom. The van der Waals surface area contributed by atoms with Gasteiger partial charge in [0.2, 0.25) is 5.91 Å². The molecule has 91 heavy (non-hydrogen) atoms. The fraction of sp³-hybridized carbons (Fsp3) is 0.827. The summed E-state index contributed by atoms with van der Waals surface area (Å²) < 4.78 is 35.7. The smallest absolute Gasteiger partial charge is 0.330 e. The summed E-state index contributed by atoms with van der Waals surface area (Å²) in [6, 6.07) is 7.51. The van der Waals surface area contributed by atoms with Gasteiger partial charge in [0.15, 0.2) is 5.82 Å². The first-order chi connectivity index (χ1) is 43.8. The van der Waals surface area contributed by atoms with Crippen molar-refractivity contribution in [3.8, 4) is 0 Å². The topological polar surface area (TPSA) is 205 Å². The Kier molecular flexibility index (Phi) is 45.4. The summed E-state index contributed by atoms with van der Waals surface area (Å²) in [7, 11) is -3.43. The van der Waals surface area contributed by atoms with Gasteiger partial charge in [-0.3, -0.25) is 9.36 Å². The number of unbranched alkanes of at least 4 members (excludes halogenated alkanes) is 1. The average Bonchev–Trinajstić information content (AvgIpc) is 1.64. The number of imidazole rings is 1. The first-order valence-corrected chi connectivity index (χ1v) is 39.1. The predicted molar refractivity (Wildman–Crippen MR) is 390 cm³/mol. The molecule has 0 fully saturated rings. The Morgan fingerprint density at radius 1 is 0.571 bits per heavy atom. The van der Waals surface area contributed by atoms with Crippen molar-refractivity contribution in [2.75, 3.05) is 84.1 Å². The molecule has 3 rings (SSSR count). The van der Waals surface area contributed by atoms with Crippen LogP contribution in [0.5, 0.6) is 0 Å². The zero-order chi connectivity index (χ0) is 66.5. The average molecular weight is 1290 g/mol. The summed E-state index contributed by atoms with van der Waals surface area (Å²) in [6.07, 6.45) is 32.1. The van der Waals surface area contributed by atoms with Gasteiger partial charge in [0.25, 0.3) is 0 Å². The number of hydrogen-bond donors (Lipinski definition) is 7. The fourth-order valence-corrected chi connectivity index (χ4v) is 14.2. The minimum atomic E-state index is -3.43. The zero-order valence-electron chi connectivity index (χ0n) is 60.4. The summed E-state index contributed by atoms with van der Waals surface area (Å²) in [4.78, 5) is 23.8. The summed E-state index contributed by atoms with van der Waals surface area (Å²) in [6.45, 7) is 38.8. The number of fused-ring (bicyclic) bond motifs is 3. The number of hydrogen-bond acceptors (Lipinski definition) is 13. The molecule has 0 aliphatic rings. The number of anilines is 1. The fourth-order valence-electron chi connectivity index (χ4n) is 12.6. The van der Waals surface area contributed by atoms with E-state index in [-0.39, 0.29) is 5.91 Å². The number of aromatic nitrogens is 3. The third-order valence-electron chi connectivity index (χ3n) is 18.8. The van der Waals surface area contributed by atoms with Crippen molar-refractivity contribution in [2.45, 2.75) is 275 Å². The summed E-state index contributed by atoms with van der Waals surface area (Å²) in [5.41, 5.74) is 15.4. The lowest BCUT2D eigenvalue weighted by atomic mass is 9.91. The number of para-hydroxylation sites is 1. The summed E-state index contributed by atoms with van der Waals surface area (Å²) in [5, 5.41) is 18.4. The van der Waals surface area contributed by atoms with Crippen molar-refractivity contribution in [3.63, 3.8) is 0 Å². The van der Waals surface area contributed by atoms with Crippen LogP contribution in [-0.4, -0.2) is 105 Å². The van der Waals surface area contributed by atoms with Gasteiger partial charge < -0.3 is 56.4 Å². The van der Waals surface area contributed by atoms with E-state index in [2.05, 4.69) is 118 Å². The Bertz CT molecular complexity index is 2310. The lowest BCUT2D eigenvalue weighted by Crippen LogP contribution is -2.45. The van der Waals surface area contributed by atoms with Crippen LogP contribution in [0.3, 0.4) is 0 Å². The van der Waals surface area contributed by atoms with Gasteiger partial charge in [-0.1, -0.05) is 210 Å². The van der Waals surface area contributed by atoms with Crippen LogP contribution in [0.1, 0.15) is 262 Å². The third kappa shape index (κ3) is 38.3. The number of pyridine rings is 1. The van der Waals surface area contributed by atoms with Crippen LogP contribution >= 0.6 is 7.60 Å². The molecular weight excluding hydrogens is 1150 g/mol. The molecule has 0 aliphatic heterocycles. The number of allylic oxidation sites excluding steroid dienone is 1. The Balaban J connectivity index is 1.63. The SMILES string of the molecule is C=C(CC[C@H](NCCCP(=O)(OCCC(C)CCCC(C)CCCC(C)CCCC(C)C)OCCC(C)CCCC(C)CCCC(C)CCCC(C)C)C(=O)NCCCn1c(COCC)nc2c(N)nc3ccccc3c21)NCCCNCCCCNCCCN. The summed E-state index contributed by atoms with van der Waals surface area (Å²) in [5.74, 6) is 6.81. The van der Waals surface area contributed by atoms with Gasteiger partial charge in [-0.2, -0.15) is 0 Å². The van der Waals surface area contributed by atoms with Gasteiger partial charge in [-0.05, 0) is 164 Å². The number of nitrogens with two attached hydrogens (primary N) is 2. The molecule has 6 unspecified atom stereocenters. The first-order valence-electron chi connectivity index (χ1n) is 37.4. The minimum Gasteiger partial charge on any atom is -0.389 e. The van der Waals surface area contributed by atoms with Crippen molar-refractivity contribution in [1.82, 2.24) is 41.1 Å². The highest BCUT2D eigenvalue weighted by molar-refractivity contribution is 7.53. The highest BCUT2D eigenvalue weighted by atomic mass is 31.2. The molecule has 1 amide bonds. The van der Waals surface area contributed by atoms with E-state index in [0.717, 1.165) is 154 Å². The molecule has 2 heterocycles. The number of nitrogens with one attached hydrogen (secondary N) is 5. The molecule has 15 nitrogen and oxygen atoms in total. The molecular formula is C75H141N10O5P. The van der Waals surface area contributed by atoms with Gasteiger partial charge >= 0.3 is 7.60 Å². The molecule has 7 atom stereocenters. The number of amides is 1. The minimum absolute atomic E-state index is 0.0674. The largest absolute Gasteiger partial charge is 0.389 e. The maximum Gasteiger partial charge on any atom is 0.330 e. The predicted octanol–water partition coefficient (Wildman–Crippen LogP) is 17.3. The van der Waals surface area contributed by atoms with Gasteiger partial charge in [-0.15, -0.1) is 0 Å². The molecule has 0 aliphatic carbocycles. The van der Waals surface area contributed by atoms with E-state index < -0.39 is 13.6 Å². The second kappa shape index (κ2) is 50.3. The van der Waals surface area contributed by atoms with E-state index in [1.54, 1.807) is 0 Å². The molecule has 9 N–H and O–H groups in total. The first kappa shape index (κ1) is 82.1. The van der Waals surface area contributed by atoms with E-state index in [0.29, 0.717) is 101 Å². The number of aryl methyl sites for hydroxylation is 1. The van der Waals surface area contributed by atoms with E-state index >= 15 is 0 Å². The lowest BCUT2D eigenvalue weighted by Gasteiger charge is -2.23. The van der Waals surface area contributed by atoms with Crippen molar-refractivity contribution in [2.24, 2.45) is 53.1 Å². The van der Waals surface area contributed by atoms with Crippen LogP contribution in [0.2, 0.25) is 0 Å². The number of carbonyl (C=O) groups excluding carboxylic acids is 1. The maximum absolute atomic E-state index is 14.8. The van der Waals surface area contributed by atoms with Crippen molar-refractivity contribution in [3.05, 3.63) is 42.4 Å². The monoisotopic (exact) mass is 1290 g/mol. The molecule has 0 spiro atoms. The number of ether oxygens (including phenoxy) is 1. The molecule has 0 bridgehead atoms. The van der Waals surface area contributed by atoms with Crippen molar-refractivity contribution >= 4 is 41.3 Å². The van der Waals surface area contributed by atoms with Gasteiger partial charge in [-0.25, -0.2) is 9.97 Å². The van der Waals surface area contributed by atoms with E-state index in [1.165, 1.54) is 103 Å². The third-order valence-corrected chi connectivity index (χ3v) is 20.8. The van der Waals surface area contributed by atoms with E-state index in [1.807, 2.05) is 25.1 Å². The highest BCUT2D eigenvalue weighted by Gasteiger charge is 2.27. The highest BCUT2D eigenvalue weighted by Crippen LogP contribution is 2.49. The quantitative estimate of drug-likeness (QED) is 0.0208. The number of nitrogen functional groups attached to an aromatic ring is 1. The molecule has 16 heteroatoms. The number of rotatable bonds is 61. The van der Waals surface area contributed by atoms with Crippen LogP contribution in [0.25, 0.3) is 21.9 Å². The molecule has 0 saturated carbocycles. The molecule has 2 aromatic heterocycles. The zero-order valence-corrected chi connectivity index (χ0v) is 61.3. The van der Waals surface area contributed by atoms with E-state index in [9.17, 15) is 9.36 Å². The Morgan fingerprint density at radius 3 is 1.57 bits per heavy atom. The van der Waals surface area contributed by atoms with E-state index in [4.69, 9.17) is 30.2 Å². The van der Waals surface area contributed by atoms with Gasteiger partial charge in [0.05, 0.1) is 36.5 Å². The van der Waals surface area contributed by atoms with Crippen LogP contribution in [-0.2, 0) is 36.3 Å². The normalized spacial score (nSPS) is 15.1. The van der Waals surface area contributed by atoms with Crippen LogP contribution < -0.4 is 38.1 Å². The van der Waals surface area contributed by atoms with Crippen LogP contribution in [0.4, 0.5) is 5.82 Å².